The van der Waals surface area contributed by atoms with Crippen molar-refractivity contribution in [1.29, 1.82) is 0 Å². The van der Waals surface area contributed by atoms with Gasteiger partial charge in [-0.05, 0) is 24.6 Å². The van der Waals surface area contributed by atoms with E-state index in [1.165, 1.54) is 47.2 Å². The van der Waals surface area contributed by atoms with E-state index in [-0.39, 0.29) is 18.1 Å². The Hall–Kier alpha value is -3.30. The smallest absolute Gasteiger partial charge is 0.267 e. The zero-order valence-electron chi connectivity index (χ0n) is 16.1. The molecule has 0 fully saturated rings. The number of hydrogen-bond donors (Lipinski definition) is 0. The van der Waals surface area contributed by atoms with Gasteiger partial charge in [0, 0.05) is 43.7 Å². The van der Waals surface area contributed by atoms with Crippen molar-refractivity contribution in [3.63, 3.8) is 0 Å². The lowest BCUT2D eigenvalue weighted by atomic mass is 10.2. The molecule has 7 nitrogen and oxygen atoms in total. The molecule has 0 aliphatic heterocycles. The average Bonchev–Trinajstić information content (AvgIpc) is 2.65. The third-order valence-electron chi connectivity index (χ3n) is 4.14. The summed E-state index contributed by atoms with van der Waals surface area (Å²) in [5, 5.41) is 4.28. The van der Waals surface area contributed by atoms with Gasteiger partial charge in [-0.3, -0.25) is 9.78 Å². The van der Waals surface area contributed by atoms with Crippen molar-refractivity contribution in [2.45, 2.75) is 26.3 Å². The van der Waals surface area contributed by atoms with Crippen molar-refractivity contribution >= 4 is 5.95 Å². The van der Waals surface area contributed by atoms with E-state index in [1.807, 2.05) is 0 Å². The van der Waals surface area contributed by atoms with Crippen molar-refractivity contribution in [1.82, 2.24) is 24.7 Å². The number of halogens is 3. The molecule has 0 saturated carbocycles. The molecule has 3 rings (SSSR count). The van der Waals surface area contributed by atoms with E-state index in [4.69, 9.17) is 0 Å². The molecule has 10 heteroatoms. The van der Waals surface area contributed by atoms with Crippen LogP contribution in [0.5, 0.6) is 0 Å². The number of hydrogen-bond acceptors (Lipinski definition) is 6. The quantitative estimate of drug-likeness (QED) is 0.629. The highest BCUT2D eigenvalue weighted by atomic mass is 19.3. The van der Waals surface area contributed by atoms with Gasteiger partial charge in [-0.25, -0.2) is 27.8 Å². The molecule has 0 radical (unpaired) electrons. The van der Waals surface area contributed by atoms with Crippen molar-refractivity contribution < 1.29 is 13.2 Å². The number of aryl methyl sites for hydroxylation is 1. The Balaban J connectivity index is 1.86. The van der Waals surface area contributed by atoms with Crippen LogP contribution >= 0.6 is 0 Å². The molecular weight excluding hydrogens is 385 g/mol. The standard InChI is InChI=1S/C19H19F3N6O/c1-12-13(6-15(20)9-23-12)10-28-17(29)5-4-16(26-28)14-7-24-18(25-8-14)27(3)11-19(2,21)22/h4-9H,10-11H2,1-3H3. The van der Waals surface area contributed by atoms with Crippen molar-refractivity contribution in [2.75, 3.05) is 18.5 Å². The molecule has 0 amide bonds. The number of rotatable bonds is 6. The zero-order chi connectivity index (χ0) is 21.2. The van der Waals surface area contributed by atoms with E-state index < -0.39 is 18.3 Å². The normalized spacial score (nSPS) is 11.5. The first-order chi connectivity index (χ1) is 13.6. The molecule has 0 spiro atoms. The van der Waals surface area contributed by atoms with Crippen molar-refractivity contribution in [2.24, 2.45) is 0 Å². The second-order valence-electron chi connectivity index (χ2n) is 6.81. The van der Waals surface area contributed by atoms with Crippen LogP contribution in [0.3, 0.4) is 0 Å². The van der Waals surface area contributed by atoms with Crippen LogP contribution in [0.15, 0.2) is 41.6 Å². The second-order valence-corrected chi connectivity index (χ2v) is 6.81. The highest BCUT2D eigenvalue weighted by Crippen LogP contribution is 2.19. The summed E-state index contributed by atoms with van der Waals surface area (Å²) in [4.78, 5) is 25.5. The lowest BCUT2D eigenvalue weighted by molar-refractivity contribution is 0.0307. The van der Waals surface area contributed by atoms with E-state index in [0.717, 1.165) is 13.1 Å². The molecule has 0 aromatic carbocycles. The third-order valence-corrected chi connectivity index (χ3v) is 4.14. The van der Waals surface area contributed by atoms with Crippen LogP contribution in [-0.4, -0.2) is 44.2 Å². The maximum atomic E-state index is 13.5. The summed E-state index contributed by atoms with van der Waals surface area (Å²) in [7, 11) is 1.47. The predicted octanol–water partition coefficient (Wildman–Crippen LogP) is 2.68. The first kappa shape index (κ1) is 20.4. The Labute approximate surface area is 164 Å². The van der Waals surface area contributed by atoms with Crippen LogP contribution in [0.1, 0.15) is 18.2 Å². The van der Waals surface area contributed by atoms with E-state index in [9.17, 15) is 18.0 Å². The highest BCUT2D eigenvalue weighted by Gasteiger charge is 2.24. The number of alkyl halides is 2. The number of nitrogens with zero attached hydrogens (tertiary/aromatic N) is 6. The molecule has 0 bridgehead atoms. The topological polar surface area (TPSA) is 76.8 Å². The summed E-state index contributed by atoms with van der Waals surface area (Å²) < 4.78 is 41.0. The molecule has 0 aliphatic rings. The zero-order valence-corrected chi connectivity index (χ0v) is 16.1. The Kier molecular flexibility index (Phi) is 5.62. The molecule has 0 N–H and O–H groups in total. The Morgan fingerprint density at radius 3 is 2.48 bits per heavy atom. The Morgan fingerprint density at radius 2 is 1.83 bits per heavy atom. The minimum Gasteiger partial charge on any atom is -0.338 e. The monoisotopic (exact) mass is 404 g/mol. The number of anilines is 1. The molecule has 152 valence electrons. The summed E-state index contributed by atoms with van der Waals surface area (Å²) in [6.45, 7) is 2.07. The van der Waals surface area contributed by atoms with Crippen molar-refractivity contribution in [3.8, 4) is 11.3 Å². The summed E-state index contributed by atoms with van der Waals surface area (Å²) in [6, 6.07) is 4.15. The van der Waals surface area contributed by atoms with Gasteiger partial charge in [0.1, 0.15) is 5.82 Å². The van der Waals surface area contributed by atoms with E-state index in [0.29, 0.717) is 22.5 Å². The maximum Gasteiger partial charge on any atom is 0.267 e. The minimum absolute atomic E-state index is 0.0521. The van der Waals surface area contributed by atoms with Gasteiger partial charge in [-0.15, -0.1) is 0 Å². The number of pyridine rings is 1. The van der Waals surface area contributed by atoms with Crippen LogP contribution in [-0.2, 0) is 6.54 Å². The Bertz CT molecular complexity index is 1060. The van der Waals surface area contributed by atoms with Crippen LogP contribution in [0, 0.1) is 12.7 Å². The van der Waals surface area contributed by atoms with Crippen LogP contribution in [0.4, 0.5) is 19.1 Å². The first-order valence-corrected chi connectivity index (χ1v) is 8.73. The predicted molar refractivity (Wildman–Crippen MR) is 101 cm³/mol. The molecule has 0 aliphatic carbocycles. The molecule has 3 aromatic heterocycles. The fourth-order valence-electron chi connectivity index (χ4n) is 2.72. The van der Waals surface area contributed by atoms with Gasteiger partial charge in [-0.1, -0.05) is 0 Å². The Morgan fingerprint density at radius 1 is 1.14 bits per heavy atom. The lowest BCUT2D eigenvalue weighted by Gasteiger charge is -2.20. The van der Waals surface area contributed by atoms with Crippen LogP contribution < -0.4 is 10.5 Å². The molecule has 3 heterocycles. The average molecular weight is 404 g/mol. The SMILES string of the molecule is Cc1ncc(F)cc1Cn1nc(-c2cnc(N(C)CC(C)(F)F)nc2)ccc1=O. The molecule has 29 heavy (non-hydrogen) atoms. The minimum atomic E-state index is -2.88. The van der Waals surface area contributed by atoms with E-state index in [1.54, 1.807) is 6.92 Å². The van der Waals surface area contributed by atoms with Crippen LogP contribution in [0.25, 0.3) is 11.3 Å². The largest absolute Gasteiger partial charge is 0.338 e. The van der Waals surface area contributed by atoms with Gasteiger partial charge < -0.3 is 4.90 Å². The second kappa shape index (κ2) is 7.98. The molecule has 0 saturated heterocycles. The fourth-order valence-corrected chi connectivity index (χ4v) is 2.72. The number of aromatic nitrogens is 5. The summed E-state index contributed by atoms with van der Waals surface area (Å²) in [5.41, 5.74) is 1.69. The summed E-state index contributed by atoms with van der Waals surface area (Å²) in [5.74, 6) is -3.23. The van der Waals surface area contributed by atoms with E-state index >= 15 is 0 Å². The molecular formula is C19H19F3N6O. The van der Waals surface area contributed by atoms with E-state index in [2.05, 4.69) is 20.1 Å². The summed E-state index contributed by atoms with van der Waals surface area (Å²) in [6.07, 6.45) is 3.99. The van der Waals surface area contributed by atoms with Gasteiger partial charge in [0.15, 0.2) is 0 Å². The maximum absolute atomic E-state index is 13.5. The molecule has 0 unspecified atom stereocenters. The van der Waals surface area contributed by atoms with Gasteiger partial charge in [-0.2, -0.15) is 5.10 Å². The van der Waals surface area contributed by atoms with Crippen molar-refractivity contribution in [3.05, 3.63) is 64.2 Å². The molecule has 3 aromatic rings. The lowest BCUT2D eigenvalue weighted by Crippen LogP contribution is -2.32. The fraction of sp³-hybridized carbons (Fsp3) is 0.316. The van der Waals surface area contributed by atoms with Gasteiger partial charge in [0.2, 0.25) is 5.95 Å². The highest BCUT2D eigenvalue weighted by molar-refractivity contribution is 5.56. The van der Waals surface area contributed by atoms with Gasteiger partial charge >= 0.3 is 0 Å². The third kappa shape index (κ3) is 5.15. The summed E-state index contributed by atoms with van der Waals surface area (Å²) >= 11 is 0. The van der Waals surface area contributed by atoms with Gasteiger partial charge in [0.25, 0.3) is 11.5 Å². The first-order valence-electron chi connectivity index (χ1n) is 8.73. The molecule has 0 atom stereocenters. The van der Waals surface area contributed by atoms with Gasteiger partial charge in [0.05, 0.1) is 25.0 Å². The van der Waals surface area contributed by atoms with Crippen LogP contribution in [0.2, 0.25) is 0 Å².